The predicted molar refractivity (Wildman–Crippen MR) is 73.8 cm³/mol. The van der Waals surface area contributed by atoms with Crippen molar-refractivity contribution in [1.82, 2.24) is 4.90 Å². The maximum Gasteiger partial charge on any atom is 0.418 e. The third-order valence-electron chi connectivity index (χ3n) is 3.61. The number of hydrogen-bond donors (Lipinski definition) is 1. The molecule has 1 heterocycles. The van der Waals surface area contributed by atoms with Crippen molar-refractivity contribution in [1.29, 1.82) is 0 Å². The lowest BCUT2D eigenvalue weighted by atomic mass is 9.99. The Morgan fingerprint density at radius 2 is 1.95 bits per heavy atom. The number of alkyl halides is 3. The molecule has 0 aliphatic carbocycles. The van der Waals surface area contributed by atoms with E-state index in [1.807, 2.05) is 11.9 Å². The summed E-state index contributed by atoms with van der Waals surface area (Å²) in [5, 5.41) is 9.49. The fourth-order valence-corrected chi connectivity index (χ4v) is 4.41. The average molecular weight is 293 g/mol. The monoisotopic (exact) mass is 293 g/mol. The lowest BCUT2D eigenvalue weighted by Crippen LogP contribution is -2.34. The van der Waals surface area contributed by atoms with Gasteiger partial charge in [0.2, 0.25) is 0 Å². The fraction of sp³-hybridized carbons (Fsp3) is 0.692. The van der Waals surface area contributed by atoms with Crippen LogP contribution < -0.4 is 0 Å². The van der Waals surface area contributed by atoms with Crippen LogP contribution in [0.4, 0.5) is 13.2 Å². The van der Waals surface area contributed by atoms with Crippen LogP contribution in [0.5, 0.6) is 0 Å². The quantitative estimate of drug-likeness (QED) is 0.788. The lowest BCUT2D eigenvalue weighted by Gasteiger charge is -2.28. The zero-order valence-electron chi connectivity index (χ0n) is 11.7. The summed E-state index contributed by atoms with van der Waals surface area (Å²) in [5.41, 5.74) is 0.726. The predicted octanol–water partition coefficient (Wildman–Crippen LogP) is 2.93. The first kappa shape index (κ1) is 16.3. The highest BCUT2D eigenvalue weighted by Gasteiger charge is 2.42. The minimum absolute atomic E-state index is 0.0602. The molecule has 0 saturated carbocycles. The molecule has 0 amide bonds. The highest BCUT2D eigenvalue weighted by Crippen LogP contribution is 2.33. The van der Waals surface area contributed by atoms with Gasteiger partial charge in [-0.15, -0.1) is 0 Å². The largest absolute Gasteiger partial charge is 0.418 e. The molecule has 0 bridgehead atoms. The zero-order chi connectivity index (χ0) is 14.6. The van der Waals surface area contributed by atoms with E-state index in [9.17, 15) is 18.3 Å². The summed E-state index contributed by atoms with van der Waals surface area (Å²) in [4.78, 5) is 1.86. The molecule has 0 aromatic heterocycles. The molecule has 0 aromatic carbocycles. The zero-order valence-corrected chi connectivity index (χ0v) is 12.8. The SMILES string of the molecule is CC[SiH](CC)CC1=CN(C)CC=C1C(O)C(F)(F)F. The molecule has 1 unspecified atom stereocenters. The van der Waals surface area contributed by atoms with E-state index in [0.717, 1.165) is 18.1 Å². The van der Waals surface area contributed by atoms with Crippen molar-refractivity contribution < 1.29 is 18.3 Å². The molecule has 6 heteroatoms. The van der Waals surface area contributed by atoms with Crippen LogP contribution in [0.25, 0.3) is 0 Å². The summed E-state index contributed by atoms with van der Waals surface area (Å²) >= 11 is 0. The van der Waals surface area contributed by atoms with E-state index in [1.165, 1.54) is 6.08 Å². The number of likely N-dealkylation sites (N-methyl/N-ethyl adjacent to an activating group) is 1. The summed E-state index contributed by atoms with van der Waals surface area (Å²) in [6.45, 7) is 4.60. The molecule has 0 aromatic rings. The topological polar surface area (TPSA) is 23.5 Å². The summed E-state index contributed by atoms with van der Waals surface area (Å²) < 4.78 is 38.1. The number of halogens is 3. The first-order valence-electron chi connectivity index (χ1n) is 6.65. The van der Waals surface area contributed by atoms with Crippen molar-refractivity contribution in [3.8, 4) is 0 Å². The van der Waals surface area contributed by atoms with Crippen LogP contribution in [0.15, 0.2) is 23.4 Å². The summed E-state index contributed by atoms with van der Waals surface area (Å²) in [5.74, 6) is 0. The van der Waals surface area contributed by atoms with E-state index in [0.29, 0.717) is 12.1 Å². The van der Waals surface area contributed by atoms with Gasteiger partial charge in [0.05, 0.1) is 0 Å². The number of rotatable bonds is 5. The Hall–Kier alpha value is -0.753. The van der Waals surface area contributed by atoms with Crippen LogP contribution >= 0.6 is 0 Å². The van der Waals surface area contributed by atoms with E-state index in [2.05, 4.69) is 13.8 Å². The fourth-order valence-electron chi connectivity index (χ4n) is 2.29. The maximum atomic E-state index is 12.7. The molecule has 1 aliphatic heterocycles. The Balaban J connectivity index is 2.93. The summed E-state index contributed by atoms with van der Waals surface area (Å²) in [7, 11) is 0.794. The van der Waals surface area contributed by atoms with Gasteiger partial charge in [0.25, 0.3) is 0 Å². The second-order valence-corrected chi connectivity index (χ2v) is 8.86. The van der Waals surface area contributed by atoms with Crippen LogP contribution in [0, 0.1) is 0 Å². The molecular weight excluding hydrogens is 271 g/mol. The Labute approximate surface area is 114 Å². The van der Waals surface area contributed by atoms with Crippen molar-refractivity contribution in [3.05, 3.63) is 23.4 Å². The molecule has 1 N–H and O–H groups in total. The van der Waals surface area contributed by atoms with Gasteiger partial charge in [0.15, 0.2) is 6.10 Å². The molecule has 0 fully saturated rings. The van der Waals surface area contributed by atoms with Gasteiger partial charge in [-0.2, -0.15) is 13.2 Å². The Bertz CT molecular complexity index is 361. The van der Waals surface area contributed by atoms with Gasteiger partial charge in [-0.1, -0.05) is 32.0 Å². The van der Waals surface area contributed by atoms with Gasteiger partial charge in [0, 0.05) is 28.6 Å². The maximum absolute atomic E-state index is 12.7. The van der Waals surface area contributed by atoms with Crippen LogP contribution in [-0.2, 0) is 0 Å². The van der Waals surface area contributed by atoms with Crippen molar-refractivity contribution in [2.45, 2.75) is 44.3 Å². The average Bonchev–Trinajstić information content (AvgIpc) is 2.34. The Kier molecular flexibility index (Phi) is 5.67. The van der Waals surface area contributed by atoms with Crippen molar-refractivity contribution in [3.63, 3.8) is 0 Å². The Morgan fingerprint density at radius 3 is 2.42 bits per heavy atom. The first-order chi connectivity index (χ1) is 8.79. The molecule has 1 rings (SSSR count). The van der Waals surface area contributed by atoms with Gasteiger partial charge >= 0.3 is 6.18 Å². The smallest absolute Gasteiger partial charge is 0.379 e. The van der Waals surface area contributed by atoms with Gasteiger partial charge in [-0.3, -0.25) is 0 Å². The van der Waals surface area contributed by atoms with E-state index >= 15 is 0 Å². The van der Waals surface area contributed by atoms with E-state index < -0.39 is 21.1 Å². The molecule has 0 spiro atoms. The molecule has 2 nitrogen and oxygen atoms in total. The van der Waals surface area contributed by atoms with E-state index in [-0.39, 0.29) is 5.57 Å². The normalized spacial score (nSPS) is 18.4. The standard InChI is InChI=1S/C13H22F3NOSi/c1-4-19(5-2)9-10-8-17(3)7-6-11(10)12(18)13(14,15)16/h6,8,12,18-19H,4-5,7,9H2,1-3H3. The number of hydrogen-bond acceptors (Lipinski definition) is 2. The van der Waals surface area contributed by atoms with Gasteiger partial charge < -0.3 is 10.0 Å². The van der Waals surface area contributed by atoms with Gasteiger partial charge in [-0.05, 0) is 17.2 Å². The lowest BCUT2D eigenvalue weighted by molar-refractivity contribution is -0.190. The molecule has 0 saturated heterocycles. The third-order valence-corrected chi connectivity index (χ3v) is 6.94. The number of aliphatic hydroxyl groups excluding tert-OH is 1. The molecular formula is C13H22F3NOSi. The first-order valence-corrected chi connectivity index (χ1v) is 9.10. The molecule has 110 valence electrons. The van der Waals surface area contributed by atoms with Crippen molar-refractivity contribution >= 4 is 8.80 Å². The molecule has 0 radical (unpaired) electrons. The Morgan fingerprint density at radius 1 is 1.37 bits per heavy atom. The highest BCUT2D eigenvalue weighted by atomic mass is 28.3. The third kappa shape index (κ3) is 4.38. The van der Waals surface area contributed by atoms with E-state index in [4.69, 9.17) is 0 Å². The van der Waals surface area contributed by atoms with Crippen molar-refractivity contribution in [2.24, 2.45) is 0 Å². The second-order valence-electron chi connectivity index (χ2n) is 5.08. The number of nitrogens with zero attached hydrogens (tertiary/aromatic N) is 1. The van der Waals surface area contributed by atoms with Crippen LogP contribution in [-0.4, -0.2) is 44.7 Å². The molecule has 1 atom stereocenters. The van der Waals surface area contributed by atoms with Crippen LogP contribution in [0.1, 0.15) is 13.8 Å². The minimum Gasteiger partial charge on any atom is -0.379 e. The van der Waals surface area contributed by atoms with E-state index in [1.54, 1.807) is 6.20 Å². The summed E-state index contributed by atoms with van der Waals surface area (Å²) in [6.07, 6.45) is -3.67. The van der Waals surface area contributed by atoms with Gasteiger partial charge in [-0.25, -0.2) is 0 Å². The van der Waals surface area contributed by atoms with Crippen molar-refractivity contribution in [2.75, 3.05) is 13.6 Å². The minimum atomic E-state index is -4.59. The highest BCUT2D eigenvalue weighted by molar-refractivity contribution is 6.59. The van der Waals surface area contributed by atoms with Gasteiger partial charge in [0.1, 0.15) is 0 Å². The number of aliphatic hydroxyl groups is 1. The molecule has 1 aliphatic rings. The second kappa shape index (κ2) is 6.61. The summed E-state index contributed by atoms with van der Waals surface area (Å²) in [6, 6.07) is 2.84. The molecule has 19 heavy (non-hydrogen) atoms. The van der Waals surface area contributed by atoms with Crippen LogP contribution in [0.2, 0.25) is 18.1 Å². The van der Waals surface area contributed by atoms with Crippen LogP contribution in [0.3, 0.4) is 0 Å².